The number of hydrogen-bond acceptors (Lipinski definition) is 5. The highest BCUT2D eigenvalue weighted by atomic mass is 16.6. The topological polar surface area (TPSA) is 91.3 Å². The fourth-order valence-corrected chi connectivity index (χ4v) is 1.89. The summed E-state index contributed by atoms with van der Waals surface area (Å²) < 4.78 is 5.61. The van der Waals surface area contributed by atoms with Gasteiger partial charge in [0.05, 0.1) is 4.92 Å². The van der Waals surface area contributed by atoms with E-state index >= 15 is 0 Å². The van der Waals surface area contributed by atoms with E-state index in [0.717, 1.165) is 0 Å². The first-order valence-corrected chi connectivity index (χ1v) is 6.13. The predicted octanol–water partition coefficient (Wildman–Crippen LogP) is 3.11. The first kappa shape index (κ1) is 14.0. The molecule has 104 valence electrons. The second kappa shape index (κ2) is 5.66. The van der Waals surface area contributed by atoms with Crippen molar-refractivity contribution in [3.8, 4) is 11.6 Å². The number of nitrogens with two attached hydrogens (primary N) is 1. The van der Waals surface area contributed by atoms with Crippen LogP contribution in [-0.2, 0) is 0 Å². The molecule has 6 heteroatoms. The van der Waals surface area contributed by atoms with Crippen LogP contribution in [0, 0.1) is 17.0 Å². The van der Waals surface area contributed by atoms with Gasteiger partial charge < -0.3 is 10.5 Å². The number of para-hydroxylation sites is 1. The number of pyridine rings is 1. The summed E-state index contributed by atoms with van der Waals surface area (Å²) in [5.41, 5.74) is 7.01. The minimum atomic E-state index is -0.459. The molecule has 1 atom stereocenters. The Labute approximate surface area is 116 Å². The van der Waals surface area contributed by atoms with Gasteiger partial charge in [-0.15, -0.1) is 0 Å². The highest BCUT2D eigenvalue weighted by molar-refractivity contribution is 5.53. The minimum absolute atomic E-state index is 0.0613. The Hall–Kier alpha value is -2.47. The Morgan fingerprint density at radius 1 is 1.35 bits per heavy atom. The molecule has 2 N–H and O–H groups in total. The Kier molecular flexibility index (Phi) is 3.95. The van der Waals surface area contributed by atoms with Gasteiger partial charge in [-0.05, 0) is 26.0 Å². The minimum Gasteiger partial charge on any atom is -0.431 e. The summed E-state index contributed by atoms with van der Waals surface area (Å²) in [6.07, 6.45) is 1.56. The molecule has 0 aliphatic heterocycles. The monoisotopic (exact) mass is 273 g/mol. The fourth-order valence-electron chi connectivity index (χ4n) is 1.89. The Bertz CT molecular complexity index is 641. The third kappa shape index (κ3) is 2.75. The van der Waals surface area contributed by atoms with Crippen LogP contribution in [0.5, 0.6) is 11.6 Å². The van der Waals surface area contributed by atoms with Crippen LogP contribution in [0.2, 0.25) is 0 Å². The smallest absolute Gasteiger partial charge is 0.314 e. The summed E-state index contributed by atoms with van der Waals surface area (Å²) in [6, 6.07) is 8.17. The van der Waals surface area contributed by atoms with Crippen molar-refractivity contribution in [2.24, 2.45) is 5.73 Å². The van der Waals surface area contributed by atoms with Gasteiger partial charge in [0.2, 0.25) is 11.6 Å². The van der Waals surface area contributed by atoms with E-state index in [9.17, 15) is 10.1 Å². The lowest BCUT2D eigenvalue weighted by atomic mass is 10.1. The van der Waals surface area contributed by atoms with Gasteiger partial charge >= 0.3 is 5.69 Å². The number of ether oxygens (including phenoxy) is 1. The normalized spacial score (nSPS) is 11.9. The molecule has 0 amide bonds. The van der Waals surface area contributed by atoms with Crippen molar-refractivity contribution in [3.05, 3.63) is 57.8 Å². The molecule has 0 aliphatic rings. The van der Waals surface area contributed by atoms with E-state index < -0.39 is 4.92 Å². The summed E-state index contributed by atoms with van der Waals surface area (Å²) >= 11 is 0. The van der Waals surface area contributed by atoms with Gasteiger partial charge in [-0.25, -0.2) is 4.98 Å². The molecule has 0 spiro atoms. The number of nitro benzene ring substituents is 1. The largest absolute Gasteiger partial charge is 0.431 e. The van der Waals surface area contributed by atoms with Gasteiger partial charge in [-0.2, -0.15) is 0 Å². The SMILES string of the molecule is Cc1cccc(Oc2ncccc2[C@@H](C)N)c1[N+](=O)[O-]. The third-order valence-electron chi connectivity index (χ3n) is 2.88. The molecule has 0 saturated carbocycles. The summed E-state index contributed by atoms with van der Waals surface area (Å²) in [4.78, 5) is 14.8. The maximum absolute atomic E-state index is 11.1. The number of hydrogen-bond donors (Lipinski definition) is 1. The van der Waals surface area contributed by atoms with E-state index in [4.69, 9.17) is 10.5 Å². The van der Waals surface area contributed by atoms with Crippen LogP contribution >= 0.6 is 0 Å². The zero-order valence-corrected chi connectivity index (χ0v) is 11.2. The number of benzene rings is 1. The van der Waals surface area contributed by atoms with E-state index in [0.29, 0.717) is 11.1 Å². The maximum atomic E-state index is 11.1. The number of aryl methyl sites for hydroxylation is 1. The van der Waals surface area contributed by atoms with Crippen LogP contribution in [0.3, 0.4) is 0 Å². The fraction of sp³-hybridized carbons (Fsp3) is 0.214. The van der Waals surface area contributed by atoms with Crippen molar-refractivity contribution in [1.29, 1.82) is 0 Å². The van der Waals surface area contributed by atoms with Gasteiger partial charge in [0, 0.05) is 23.4 Å². The molecule has 6 nitrogen and oxygen atoms in total. The van der Waals surface area contributed by atoms with Crippen molar-refractivity contribution < 1.29 is 9.66 Å². The molecule has 0 unspecified atom stereocenters. The lowest BCUT2D eigenvalue weighted by Crippen LogP contribution is -2.08. The standard InChI is InChI=1S/C14H15N3O3/c1-9-5-3-7-12(13(9)17(18)19)20-14-11(10(2)15)6-4-8-16-14/h3-8,10H,15H2,1-2H3/t10-/m1/s1. The molecule has 2 rings (SSSR count). The Morgan fingerprint density at radius 2 is 2.10 bits per heavy atom. The van der Waals surface area contributed by atoms with E-state index in [2.05, 4.69) is 4.98 Å². The van der Waals surface area contributed by atoms with Crippen LogP contribution in [-0.4, -0.2) is 9.91 Å². The molecular weight excluding hydrogens is 258 g/mol. The Morgan fingerprint density at radius 3 is 2.75 bits per heavy atom. The zero-order valence-electron chi connectivity index (χ0n) is 11.2. The molecule has 0 saturated heterocycles. The van der Waals surface area contributed by atoms with Gasteiger partial charge in [-0.3, -0.25) is 10.1 Å². The molecule has 2 aromatic rings. The molecule has 1 heterocycles. The van der Waals surface area contributed by atoms with Crippen LogP contribution in [0.4, 0.5) is 5.69 Å². The third-order valence-corrected chi connectivity index (χ3v) is 2.88. The molecular formula is C14H15N3O3. The molecule has 20 heavy (non-hydrogen) atoms. The van der Waals surface area contributed by atoms with E-state index in [-0.39, 0.29) is 23.4 Å². The van der Waals surface area contributed by atoms with Gasteiger partial charge in [-0.1, -0.05) is 18.2 Å². The summed E-state index contributed by atoms with van der Waals surface area (Å²) in [5, 5.41) is 11.1. The molecule has 0 aliphatic carbocycles. The molecule has 0 bridgehead atoms. The Balaban J connectivity index is 2.46. The number of rotatable bonds is 4. The van der Waals surface area contributed by atoms with Crippen LogP contribution < -0.4 is 10.5 Å². The first-order valence-electron chi connectivity index (χ1n) is 6.13. The van der Waals surface area contributed by atoms with E-state index in [1.165, 1.54) is 0 Å². The van der Waals surface area contributed by atoms with Crippen molar-refractivity contribution in [2.75, 3.05) is 0 Å². The van der Waals surface area contributed by atoms with Crippen molar-refractivity contribution >= 4 is 5.69 Å². The predicted molar refractivity (Wildman–Crippen MR) is 74.7 cm³/mol. The summed E-state index contributed by atoms with van der Waals surface area (Å²) in [6.45, 7) is 3.46. The lowest BCUT2D eigenvalue weighted by Gasteiger charge is -2.12. The number of nitro groups is 1. The van der Waals surface area contributed by atoms with Crippen molar-refractivity contribution in [3.63, 3.8) is 0 Å². The van der Waals surface area contributed by atoms with E-state index in [1.54, 1.807) is 50.4 Å². The van der Waals surface area contributed by atoms with Gasteiger partial charge in [0.1, 0.15) is 0 Å². The molecule has 0 fully saturated rings. The second-order valence-corrected chi connectivity index (χ2v) is 4.47. The summed E-state index contributed by atoms with van der Waals surface area (Å²) in [7, 11) is 0. The zero-order chi connectivity index (χ0) is 14.7. The number of aromatic nitrogens is 1. The van der Waals surface area contributed by atoms with Crippen LogP contribution in [0.1, 0.15) is 24.1 Å². The van der Waals surface area contributed by atoms with E-state index in [1.807, 2.05) is 0 Å². The van der Waals surface area contributed by atoms with Crippen LogP contribution in [0.25, 0.3) is 0 Å². The van der Waals surface area contributed by atoms with Crippen molar-refractivity contribution in [2.45, 2.75) is 19.9 Å². The van der Waals surface area contributed by atoms with Gasteiger partial charge in [0.25, 0.3) is 0 Å². The second-order valence-electron chi connectivity index (χ2n) is 4.47. The highest BCUT2D eigenvalue weighted by Crippen LogP contribution is 2.35. The average Bonchev–Trinajstić information content (AvgIpc) is 2.38. The maximum Gasteiger partial charge on any atom is 0.314 e. The van der Waals surface area contributed by atoms with Crippen molar-refractivity contribution in [1.82, 2.24) is 4.98 Å². The van der Waals surface area contributed by atoms with Crippen LogP contribution in [0.15, 0.2) is 36.5 Å². The molecule has 0 radical (unpaired) electrons. The van der Waals surface area contributed by atoms with Gasteiger partial charge in [0.15, 0.2) is 0 Å². The first-order chi connectivity index (χ1) is 9.50. The number of nitrogens with zero attached hydrogens (tertiary/aromatic N) is 2. The quantitative estimate of drug-likeness (QED) is 0.682. The average molecular weight is 273 g/mol. The molecule has 1 aromatic carbocycles. The summed E-state index contributed by atoms with van der Waals surface area (Å²) in [5.74, 6) is 0.451. The lowest BCUT2D eigenvalue weighted by molar-refractivity contribution is -0.386. The highest BCUT2D eigenvalue weighted by Gasteiger charge is 2.20. The molecule has 1 aromatic heterocycles.